The van der Waals surface area contributed by atoms with Crippen LogP contribution in [0.15, 0.2) is 36.4 Å². The molecule has 3 amide bonds. The van der Waals surface area contributed by atoms with Crippen molar-refractivity contribution >= 4 is 58.3 Å². The summed E-state index contributed by atoms with van der Waals surface area (Å²) in [6.07, 6.45) is 3.31. The summed E-state index contributed by atoms with van der Waals surface area (Å²) < 4.78 is 3.62. The number of carboxylic acids is 1. The molecule has 2 aromatic carbocycles. The highest BCUT2D eigenvalue weighted by molar-refractivity contribution is 6.40. The molecule has 0 spiro atoms. The van der Waals surface area contributed by atoms with Crippen molar-refractivity contribution in [2.24, 2.45) is 14.1 Å². The molecule has 16 heteroatoms. The molecule has 0 saturated heterocycles. The van der Waals surface area contributed by atoms with Crippen LogP contribution in [0, 0.1) is 0 Å². The smallest absolute Gasteiger partial charge is 0.303 e. The maximum absolute atomic E-state index is 13.6. The van der Waals surface area contributed by atoms with Gasteiger partial charge in [-0.1, -0.05) is 47.5 Å². The van der Waals surface area contributed by atoms with Crippen LogP contribution in [0.2, 0.25) is 10.0 Å². The number of anilines is 2. The van der Waals surface area contributed by atoms with Gasteiger partial charge in [0.05, 0.1) is 32.8 Å². The van der Waals surface area contributed by atoms with Crippen LogP contribution in [0.5, 0.6) is 0 Å². The van der Waals surface area contributed by atoms with E-state index in [4.69, 9.17) is 28.3 Å². The third-order valence-corrected chi connectivity index (χ3v) is 10.7. The number of fused-ring (bicyclic) bond motifs is 2. The standard InChI is InChI=1S/C37H43Cl2N9O5/c1-40-30(49)12-6-16-47-18-14-28-26(20-47)41-34(45(28)2)36(52)43-24-10-4-8-22(32(24)38)23-9-5-11-25(33(23)39)44-37(53)35-42-27-21-48(17-7-13-31(50)51)19-15-29(27)46(35)3/h4-5,8-11H,6-7,12-21H2,1-3H3,(H,40,49)(H,43,52)(H,44,53)(H,50,51). The summed E-state index contributed by atoms with van der Waals surface area (Å²) in [6, 6.07) is 10.5. The Kier molecular flexibility index (Phi) is 11.8. The zero-order valence-corrected chi connectivity index (χ0v) is 31.5. The van der Waals surface area contributed by atoms with E-state index in [1.807, 2.05) is 18.7 Å². The van der Waals surface area contributed by atoms with Gasteiger partial charge in [0.15, 0.2) is 11.6 Å². The highest BCUT2D eigenvalue weighted by Crippen LogP contribution is 2.40. The van der Waals surface area contributed by atoms with Crippen LogP contribution in [-0.4, -0.2) is 90.9 Å². The summed E-state index contributed by atoms with van der Waals surface area (Å²) in [6.45, 7) is 4.13. The van der Waals surface area contributed by atoms with Crippen molar-refractivity contribution in [3.05, 3.63) is 80.9 Å². The van der Waals surface area contributed by atoms with Crippen molar-refractivity contribution in [1.82, 2.24) is 34.2 Å². The molecule has 280 valence electrons. The summed E-state index contributed by atoms with van der Waals surface area (Å²) in [5.41, 5.74) is 5.49. The zero-order chi connectivity index (χ0) is 37.8. The van der Waals surface area contributed by atoms with Gasteiger partial charge in [0, 0.05) is 95.5 Å². The number of nitrogens with one attached hydrogen (secondary N) is 3. The van der Waals surface area contributed by atoms with Gasteiger partial charge in [-0.25, -0.2) is 9.97 Å². The normalized spacial score (nSPS) is 14.4. The van der Waals surface area contributed by atoms with E-state index in [0.717, 1.165) is 55.3 Å². The molecular weight excluding hydrogens is 721 g/mol. The Labute approximate surface area is 317 Å². The molecule has 2 aromatic heterocycles. The van der Waals surface area contributed by atoms with Crippen LogP contribution in [0.3, 0.4) is 0 Å². The number of hydrogen-bond donors (Lipinski definition) is 4. The first-order valence-electron chi connectivity index (χ1n) is 17.6. The highest BCUT2D eigenvalue weighted by atomic mass is 35.5. The van der Waals surface area contributed by atoms with Gasteiger partial charge in [-0.2, -0.15) is 0 Å². The second kappa shape index (κ2) is 16.5. The number of aromatic nitrogens is 4. The van der Waals surface area contributed by atoms with E-state index < -0.39 is 17.8 Å². The molecule has 4 N–H and O–H groups in total. The van der Waals surface area contributed by atoms with Crippen LogP contribution in [0.4, 0.5) is 11.4 Å². The summed E-state index contributed by atoms with van der Waals surface area (Å²) >= 11 is 13.8. The fraction of sp³-hybridized carbons (Fsp3) is 0.405. The van der Waals surface area contributed by atoms with Gasteiger partial charge in [-0.05, 0) is 38.1 Å². The molecular formula is C37H43Cl2N9O5. The van der Waals surface area contributed by atoms with Crippen LogP contribution in [0.1, 0.15) is 69.7 Å². The lowest BCUT2D eigenvalue weighted by molar-refractivity contribution is -0.137. The maximum Gasteiger partial charge on any atom is 0.303 e. The third-order valence-electron chi connectivity index (χ3n) is 9.88. The number of carboxylic acid groups (broad SMARTS) is 1. The Hall–Kier alpha value is -4.76. The second-order valence-electron chi connectivity index (χ2n) is 13.3. The number of aliphatic carboxylic acids is 1. The van der Waals surface area contributed by atoms with Crippen LogP contribution < -0.4 is 16.0 Å². The van der Waals surface area contributed by atoms with Crippen molar-refractivity contribution in [1.29, 1.82) is 0 Å². The van der Waals surface area contributed by atoms with Gasteiger partial charge >= 0.3 is 5.97 Å². The van der Waals surface area contributed by atoms with Gasteiger partial charge < -0.3 is 30.2 Å². The number of halogens is 2. The van der Waals surface area contributed by atoms with Gasteiger partial charge in [0.1, 0.15) is 0 Å². The molecule has 0 saturated carbocycles. The lowest BCUT2D eigenvalue weighted by Crippen LogP contribution is -2.32. The fourth-order valence-corrected chi connectivity index (χ4v) is 7.57. The predicted molar refractivity (Wildman–Crippen MR) is 202 cm³/mol. The van der Waals surface area contributed by atoms with Gasteiger partial charge in [-0.3, -0.25) is 29.0 Å². The first-order valence-corrected chi connectivity index (χ1v) is 18.4. The molecule has 14 nitrogen and oxygen atoms in total. The van der Waals surface area contributed by atoms with E-state index in [0.29, 0.717) is 61.4 Å². The van der Waals surface area contributed by atoms with Crippen molar-refractivity contribution in [3.8, 4) is 11.1 Å². The first-order chi connectivity index (χ1) is 25.4. The lowest BCUT2D eigenvalue weighted by atomic mass is 10.0. The molecule has 4 heterocycles. The van der Waals surface area contributed by atoms with Gasteiger partial charge in [0.2, 0.25) is 5.91 Å². The third kappa shape index (κ3) is 8.41. The molecule has 0 radical (unpaired) electrons. The zero-order valence-electron chi connectivity index (χ0n) is 30.0. The first kappa shape index (κ1) is 38.0. The molecule has 0 unspecified atom stereocenters. The number of hydrogen-bond acceptors (Lipinski definition) is 8. The quantitative estimate of drug-likeness (QED) is 0.151. The van der Waals surface area contributed by atoms with E-state index in [2.05, 4.69) is 35.7 Å². The Balaban J connectivity index is 1.14. The minimum atomic E-state index is -0.816. The summed E-state index contributed by atoms with van der Waals surface area (Å²) in [4.78, 5) is 63.4. The van der Waals surface area contributed by atoms with Crippen molar-refractivity contribution in [3.63, 3.8) is 0 Å². The maximum atomic E-state index is 13.6. The Morgan fingerprint density at radius 3 is 1.62 bits per heavy atom. The largest absolute Gasteiger partial charge is 0.481 e. The number of carbonyl (C=O) groups excluding carboxylic acids is 3. The average molecular weight is 765 g/mol. The summed E-state index contributed by atoms with van der Waals surface area (Å²) in [7, 11) is 5.28. The molecule has 4 aromatic rings. The van der Waals surface area contributed by atoms with Crippen molar-refractivity contribution in [2.75, 3.05) is 43.9 Å². The number of amides is 3. The van der Waals surface area contributed by atoms with E-state index in [1.54, 1.807) is 48.0 Å². The Bertz CT molecular complexity index is 2060. The number of benzene rings is 2. The molecule has 6 rings (SSSR count). The van der Waals surface area contributed by atoms with E-state index >= 15 is 0 Å². The minimum absolute atomic E-state index is 0.0183. The SMILES string of the molecule is CNC(=O)CCCN1CCc2c(nc(C(=O)Nc3cccc(-c4cccc(NC(=O)c5nc6c(n5C)CCN(CCCC(=O)O)C6)c4Cl)c3Cl)n2C)C1. The number of rotatable bonds is 13. The topological polar surface area (TPSA) is 167 Å². The van der Waals surface area contributed by atoms with Crippen LogP contribution in [0.25, 0.3) is 11.1 Å². The van der Waals surface area contributed by atoms with E-state index in [9.17, 15) is 19.2 Å². The monoisotopic (exact) mass is 763 g/mol. The van der Waals surface area contributed by atoms with Crippen LogP contribution in [-0.2, 0) is 49.6 Å². The van der Waals surface area contributed by atoms with Crippen LogP contribution >= 0.6 is 23.2 Å². The molecule has 2 aliphatic rings. The molecule has 0 aliphatic carbocycles. The predicted octanol–water partition coefficient (Wildman–Crippen LogP) is 4.74. The average Bonchev–Trinajstić information content (AvgIpc) is 3.65. The number of nitrogens with zero attached hydrogens (tertiary/aromatic N) is 6. The summed E-state index contributed by atoms with van der Waals surface area (Å²) in [5.74, 6) is -1.10. The molecule has 2 aliphatic heterocycles. The molecule has 0 bridgehead atoms. The van der Waals surface area contributed by atoms with Crippen molar-refractivity contribution < 1.29 is 24.3 Å². The van der Waals surface area contributed by atoms with Gasteiger partial charge in [-0.15, -0.1) is 0 Å². The number of imidazole rings is 2. The summed E-state index contributed by atoms with van der Waals surface area (Å²) in [5, 5.41) is 18.0. The number of carbonyl (C=O) groups is 4. The lowest BCUT2D eigenvalue weighted by Gasteiger charge is -2.26. The van der Waals surface area contributed by atoms with E-state index in [1.165, 1.54) is 0 Å². The Morgan fingerprint density at radius 2 is 1.19 bits per heavy atom. The highest BCUT2D eigenvalue weighted by Gasteiger charge is 2.28. The van der Waals surface area contributed by atoms with E-state index in [-0.39, 0.29) is 34.0 Å². The molecule has 0 atom stereocenters. The Morgan fingerprint density at radius 1 is 0.736 bits per heavy atom. The second-order valence-corrected chi connectivity index (χ2v) is 14.1. The molecule has 0 fully saturated rings. The minimum Gasteiger partial charge on any atom is -0.481 e. The fourth-order valence-electron chi connectivity index (χ4n) is 7.02. The van der Waals surface area contributed by atoms with Crippen molar-refractivity contribution in [2.45, 2.75) is 51.6 Å². The van der Waals surface area contributed by atoms with Gasteiger partial charge in [0.25, 0.3) is 11.8 Å². The molecule has 53 heavy (non-hydrogen) atoms.